The SMILES string of the molecule is NC(=O)c1cc(NC(=O)c2csc(N)n2)cc(C(N)=O)c1. The predicted molar refractivity (Wildman–Crippen MR) is 78.0 cm³/mol. The molecule has 0 fully saturated rings. The summed E-state index contributed by atoms with van der Waals surface area (Å²) in [5.41, 5.74) is 16.2. The summed E-state index contributed by atoms with van der Waals surface area (Å²) in [6, 6.07) is 3.92. The van der Waals surface area contributed by atoms with Gasteiger partial charge in [0, 0.05) is 22.2 Å². The number of nitrogens with zero attached hydrogens (tertiary/aromatic N) is 1. The zero-order chi connectivity index (χ0) is 15.6. The normalized spacial score (nSPS) is 10.1. The molecule has 2 aromatic rings. The Balaban J connectivity index is 2.32. The lowest BCUT2D eigenvalue weighted by atomic mass is 10.1. The lowest BCUT2D eigenvalue weighted by Gasteiger charge is -2.07. The van der Waals surface area contributed by atoms with E-state index >= 15 is 0 Å². The average Bonchev–Trinajstić information content (AvgIpc) is 2.85. The number of nitrogens with one attached hydrogen (secondary N) is 1. The number of nitrogen functional groups attached to an aromatic ring is 1. The molecule has 9 heteroatoms. The van der Waals surface area contributed by atoms with Crippen molar-refractivity contribution >= 4 is 39.9 Å². The molecule has 8 nitrogen and oxygen atoms in total. The summed E-state index contributed by atoms with van der Waals surface area (Å²) in [6.45, 7) is 0. The molecule has 0 aliphatic carbocycles. The Kier molecular flexibility index (Phi) is 3.85. The summed E-state index contributed by atoms with van der Waals surface area (Å²) in [4.78, 5) is 38.2. The second kappa shape index (κ2) is 5.59. The Morgan fingerprint density at radius 2 is 1.62 bits per heavy atom. The molecule has 0 atom stereocenters. The number of aromatic nitrogens is 1. The zero-order valence-electron chi connectivity index (χ0n) is 10.6. The highest BCUT2D eigenvalue weighted by molar-refractivity contribution is 7.13. The van der Waals surface area contributed by atoms with Crippen molar-refractivity contribution in [2.24, 2.45) is 11.5 Å². The largest absolute Gasteiger partial charge is 0.375 e. The van der Waals surface area contributed by atoms with Crippen LogP contribution in [0.3, 0.4) is 0 Å². The van der Waals surface area contributed by atoms with E-state index < -0.39 is 17.7 Å². The van der Waals surface area contributed by atoms with E-state index in [1.807, 2.05) is 0 Å². The van der Waals surface area contributed by atoms with Gasteiger partial charge in [0.2, 0.25) is 11.8 Å². The first-order valence-corrected chi connectivity index (χ1v) is 6.52. The maximum atomic E-state index is 11.9. The Bertz CT molecular complexity index is 708. The Morgan fingerprint density at radius 1 is 1.05 bits per heavy atom. The molecule has 7 N–H and O–H groups in total. The number of amides is 3. The molecule has 0 aliphatic rings. The van der Waals surface area contributed by atoms with Crippen LogP contribution >= 0.6 is 11.3 Å². The predicted octanol–water partition coefficient (Wildman–Crippen LogP) is 0.175. The van der Waals surface area contributed by atoms with Crippen molar-refractivity contribution in [3.63, 3.8) is 0 Å². The van der Waals surface area contributed by atoms with Gasteiger partial charge in [0.1, 0.15) is 5.69 Å². The third-order valence-electron chi connectivity index (χ3n) is 2.51. The van der Waals surface area contributed by atoms with Crippen LogP contribution in [0.1, 0.15) is 31.2 Å². The standard InChI is InChI=1S/C12H11N5O3S/c13-9(18)5-1-6(10(14)19)3-7(2-5)16-11(20)8-4-21-12(15)17-8/h1-4H,(H2,13,18)(H2,14,19)(H2,15,17)(H,16,20). The minimum absolute atomic E-state index is 0.0550. The maximum absolute atomic E-state index is 11.9. The van der Waals surface area contributed by atoms with Gasteiger partial charge in [0.05, 0.1) is 0 Å². The van der Waals surface area contributed by atoms with E-state index in [1.54, 1.807) is 0 Å². The van der Waals surface area contributed by atoms with Crippen LogP contribution in [0.2, 0.25) is 0 Å². The van der Waals surface area contributed by atoms with Crippen LogP contribution in [0.4, 0.5) is 10.8 Å². The van der Waals surface area contributed by atoms with Crippen molar-refractivity contribution in [1.82, 2.24) is 4.98 Å². The quantitative estimate of drug-likeness (QED) is 0.634. The van der Waals surface area contributed by atoms with Crippen LogP contribution in [-0.4, -0.2) is 22.7 Å². The number of hydrogen-bond donors (Lipinski definition) is 4. The van der Waals surface area contributed by atoms with Gasteiger partial charge in [0.25, 0.3) is 5.91 Å². The maximum Gasteiger partial charge on any atom is 0.275 e. The Morgan fingerprint density at radius 3 is 2.05 bits per heavy atom. The van der Waals surface area contributed by atoms with Crippen molar-refractivity contribution < 1.29 is 14.4 Å². The lowest BCUT2D eigenvalue weighted by molar-refractivity contribution is 0.0993. The van der Waals surface area contributed by atoms with Crippen LogP contribution in [0.25, 0.3) is 0 Å². The first-order valence-electron chi connectivity index (χ1n) is 5.64. The molecule has 0 saturated heterocycles. The van der Waals surface area contributed by atoms with Gasteiger partial charge >= 0.3 is 0 Å². The molecule has 0 spiro atoms. The number of rotatable bonds is 4. The first kappa shape index (κ1) is 14.5. The molecular formula is C12H11N5O3S. The number of carbonyl (C=O) groups is 3. The molecule has 1 aromatic heterocycles. The number of anilines is 2. The van der Waals surface area contributed by atoms with Crippen molar-refractivity contribution in [1.29, 1.82) is 0 Å². The molecule has 2 rings (SSSR count). The molecule has 0 saturated carbocycles. The zero-order valence-corrected chi connectivity index (χ0v) is 11.4. The lowest BCUT2D eigenvalue weighted by Crippen LogP contribution is -2.18. The van der Waals surface area contributed by atoms with Crippen LogP contribution < -0.4 is 22.5 Å². The van der Waals surface area contributed by atoms with E-state index in [9.17, 15) is 14.4 Å². The average molecular weight is 305 g/mol. The van der Waals surface area contributed by atoms with Crippen LogP contribution in [-0.2, 0) is 0 Å². The second-order valence-electron chi connectivity index (χ2n) is 4.05. The fraction of sp³-hybridized carbons (Fsp3) is 0. The highest BCUT2D eigenvalue weighted by Gasteiger charge is 2.13. The van der Waals surface area contributed by atoms with Gasteiger partial charge in [-0.15, -0.1) is 11.3 Å². The topological polar surface area (TPSA) is 154 Å². The first-order chi connectivity index (χ1) is 9.86. The van der Waals surface area contributed by atoms with Gasteiger partial charge in [0.15, 0.2) is 5.13 Å². The summed E-state index contributed by atoms with van der Waals surface area (Å²) in [5, 5.41) is 4.23. The number of nitrogens with two attached hydrogens (primary N) is 3. The minimum Gasteiger partial charge on any atom is -0.375 e. The van der Waals surface area contributed by atoms with Crippen molar-refractivity contribution in [3.05, 3.63) is 40.4 Å². The monoisotopic (exact) mass is 305 g/mol. The molecule has 0 aliphatic heterocycles. The fourth-order valence-corrected chi connectivity index (χ4v) is 2.11. The molecule has 3 amide bonds. The van der Waals surface area contributed by atoms with E-state index in [0.29, 0.717) is 0 Å². The number of hydrogen-bond acceptors (Lipinski definition) is 6. The third kappa shape index (κ3) is 3.34. The van der Waals surface area contributed by atoms with Gasteiger partial charge in [-0.1, -0.05) is 0 Å². The molecular weight excluding hydrogens is 294 g/mol. The summed E-state index contributed by atoms with van der Waals surface area (Å²) < 4.78 is 0. The second-order valence-corrected chi connectivity index (χ2v) is 4.94. The summed E-state index contributed by atoms with van der Waals surface area (Å²) in [6.07, 6.45) is 0. The van der Waals surface area contributed by atoms with Gasteiger partial charge < -0.3 is 22.5 Å². The Labute approximate surface area is 122 Å². The van der Waals surface area contributed by atoms with Crippen LogP contribution in [0.5, 0.6) is 0 Å². The van der Waals surface area contributed by atoms with Gasteiger partial charge in [-0.05, 0) is 18.2 Å². The molecule has 0 bridgehead atoms. The fourth-order valence-electron chi connectivity index (χ4n) is 1.57. The molecule has 108 valence electrons. The van der Waals surface area contributed by atoms with E-state index in [2.05, 4.69) is 10.3 Å². The minimum atomic E-state index is -0.744. The number of thiazole rings is 1. The van der Waals surface area contributed by atoms with Gasteiger partial charge in [-0.3, -0.25) is 14.4 Å². The van der Waals surface area contributed by atoms with E-state index in [4.69, 9.17) is 17.2 Å². The van der Waals surface area contributed by atoms with E-state index in [0.717, 1.165) is 11.3 Å². The summed E-state index contributed by atoms with van der Waals surface area (Å²) in [7, 11) is 0. The third-order valence-corrected chi connectivity index (χ3v) is 3.19. The Hall–Kier alpha value is -2.94. The van der Waals surface area contributed by atoms with Crippen molar-refractivity contribution in [2.75, 3.05) is 11.1 Å². The molecule has 0 unspecified atom stereocenters. The van der Waals surface area contributed by atoms with Gasteiger partial charge in [-0.25, -0.2) is 4.98 Å². The smallest absolute Gasteiger partial charge is 0.275 e. The molecule has 1 heterocycles. The highest BCUT2D eigenvalue weighted by Crippen LogP contribution is 2.17. The van der Waals surface area contributed by atoms with Crippen LogP contribution in [0.15, 0.2) is 23.6 Å². The van der Waals surface area contributed by atoms with E-state index in [-0.39, 0.29) is 27.6 Å². The van der Waals surface area contributed by atoms with E-state index in [1.165, 1.54) is 23.6 Å². The van der Waals surface area contributed by atoms with Crippen molar-refractivity contribution in [3.8, 4) is 0 Å². The molecule has 1 aromatic carbocycles. The molecule has 21 heavy (non-hydrogen) atoms. The van der Waals surface area contributed by atoms with Gasteiger partial charge in [-0.2, -0.15) is 0 Å². The molecule has 0 radical (unpaired) electrons. The number of benzene rings is 1. The van der Waals surface area contributed by atoms with Crippen LogP contribution in [0, 0.1) is 0 Å². The number of primary amides is 2. The summed E-state index contributed by atoms with van der Waals surface area (Å²) >= 11 is 1.12. The van der Waals surface area contributed by atoms with Crippen molar-refractivity contribution in [2.45, 2.75) is 0 Å². The highest BCUT2D eigenvalue weighted by atomic mass is 32.1. The summed E-state index contributed by atoms with van der Waals surface area (Å²) in [5.74, 6) is -2.02. The number of carbonyl (C=O) groups excluding carboxylic acids is 3.